The van der Waals surface area contributed by atoms with E-state index in [4.69, 9.17) is 11.6 Å². The van der Waals surface area contributed by atoms with Gasteiger partial charge in [-0.1, -0.05) is 29.8 Å². The summed E-state index contributed by atoms with van der Waals surface area (Å²) in [5.74, 6) is -0.290. The van der Waals surface area contributed by atoms with Crippen molar-refractivity contribution in [3.05, 3.63) is 47.6 Å². The number of nitrogens with zero attached hydrogens (tertiary/aromatic N) is 1. The van der Waals surface area contributed by atoms with E-state index in [1.54, 1.807) is 24.3 Å². The molecule has 0 N–H and O–H groups in total. The Morgan fingerprint density at radius 3 is 2.44 bits per heavy atom. The number of benzene rings is 1. The van der Waals surface area contributed by atoms with Gasteiger partial charge in [0.1, 0.15) is 10.9 Å². The quantitative estimate of drug-likeness (QED) is 0.761. The summed E-state index contributed by atoms with van der Waals surface area (Å²) in [5, 5.41) is 0.273. The lowest BCUT2D eigenvalue weighted by Gasteiger charge is -2.09. The van der Waals surface area contributed by atoms with E-state index in [1.165, 1.54) is 18.2 Å². The van der Waals surface area contributed by atoms with Gasteiger partial charge in [-0.05, 0) is 24.3 Å². The monoisotopic (exact) mass is 273 g/mol. The van der Waals surface area contributed by atoms with E-state index >= 15 is 0 Å². The van der Waals surface area contributed by atoms with Crippen LogP contribution in [0.3, 0.4) is 0 Å². The summed E-state index contributed by atoms with van der Waals surface area (Å²) < 4.78 is 40.1. The van der Waals surface area contributed by atoms with Crippen LogP contribution in [0.15, 0.2) is 42.5 Å². The highest BCUT2D eigenvalue weighted by atomic mass is 35.5. The molecule has 0 aliphatic carbocycles. The minimum Gasteiger partial charge on any atom is -0.406 e. The highest BCUT2D eigenvalue weighted by Gasteiger charge is 2.31. The predicted molar refractivity (Wildman–Crippen MR) is 61.4 cm³/mol. The second kappa shape index (κ2) is 4.86. The molecule has 0 spiro atoms. The normalized spacial score (nSPS) is 11.3. The van der Waals surface area contributed by atoms with E-state index < -0.39 is 6.36 Å². The Kier molecular flexibility index (Phi) is 3.43. The fourth-order valence-electron chi connectivity index (χ4n) is 1.42. The highest BCUT2D eigenvalue weighted by Crippen LogP contribution is 2.27. The Bertz CT molecular complexity index is 557. The number of ether oxygens (including phenoxy) is 1. The van der Waals surface area contributed by atoms with Crippen LogP contribution in [0.5, 0.6) is 5.75 Å². The maximum absolute atomic E-state index is 12.1. The van der Waals surface area contributed by atoms with Gasteiger partial charge in [-0.15, -0.1) is 13.2 Å². The average Bonchev–Trinajstić information content (AvgIpc) is 2.27. The topological polar surface area (TPSA) is 22.1 Å². The summed E-state index contributed by atoms with van der Waals surface area (Å²) in [6.07, 6.45) is -4.71. The first kappa shape index (κ1) is 12.7. The standard InChI is InChI=1S/C12H7ClF3NO/c13-11-6-2-5-10(17-11)8-3-1-4-9(7-8)18-12(14,15)16/h1-7H. The minimum absolute atomic E-state index is 0.273. The number of halogens is 4. The van der Waals surface area contributed by atoms with Crippen LogP contribution in [-0.2, 0) is 0 Å². The molecule has 0 saturated carbocycles. The number of hydrogen-bond donors (Lipinski definition) is 0. The second-order valence-electron chi connectivity index (χ2n) is 3.42. The molecule has 0 bridgehead atoms. The lowest BCUT2D eigenvalue weighted by molar-refractivity contribution is -0.274. The molecule has 2 rings (SSSR count). The molecule has 18 heavy (non-hydrogen) atoms. The van der Waals surface area contributed by atoms with E-state index in [-0.39, 0.29) is 10.9 Å². The van der Waals surface area contributed by atoms with E-state index in [0.29, 0.717) is 11.3 Å². The zero-order valence-electron chi connectivity index (χ0n) is 8.91. The van der Waals surface area contributed by atoms with Gasteiger partial charge in [-0.25, -0.2) is 4.98 Å². The minimum atomic E-state index is -4.71. The smallest absolute Gasteiger partial charge is 0.406 e. The van der Waals surface area contributed by atoms with Gasteiger partial charge in [0, 0.05) is 5.56 Å². The Labute approximate surface area is 106 Å². The lowest BCUT2D eigenvalue weighted by atomic mass is 10.1. The van der Waals surface area contributed by atoms with Crippen molar-refractivity contribution in [1.82, 2.24) is 4.98 Å². The molecule has 0 aliphatic heterocycles. The lowest BCUT2D eigenvalue weighted by Crippen LogP contribution is -2.17. The van der Waals surface area contributed by atoms with Crippen LogP contribution in [-0.4, -0.2) is 11.3 Å². The molecule has 0 fully saturated rings. The summed E-state index contributed by atoms with van der Waals surface area (Å²) in [5.41, 5.74) is 0.981. The molecular weight excluding hydrogens is 267 g/mol. The highest BCUT2D eigenvalue weighted by molar-refractivity contribution is 6.29. The van der Waals surface area contributed by atoms with Crippen LogP contribution in [0.1, 0.15) is 0 Å². The van der Waals surface area contributed by atoms with Crippen molar-refractivity contribution in [2.45, 2.75) is 6.36 Å². The Morgan fingerprint density at radius 2 is 1.78 bits per heavy atom. The molecule has 0 saturated heterocycles. The van der Waals surface area contributed by atoms with Crippen molar-refractivity contribution in [1.29, 1.82) is 0 Å². The number of rotatable bonds is 2. The van der Waals surface area contributed by atoms with Gasteiger partial charge in [-0.2, -0.15) is 0 Å². The van der Waals surface area contributed by atoms with Crippen LogP contribution < -0.4 is 4.74 Å². The first-order valence-electron chi connectivity index (χ1n) is 4.93. The molecule has 1 heterocycles. The fourth-order valence-corrected chi connectivity index (χ4v) is 1.59. The SMILES string of the molecule is FC(F)(F)Oc1cccc(-c2cccc(Cl)n2)c1. The Hall–Kier alpha value is -1.75. The van der Waals surface area contributed by atoms with Gasteiger partial charge in [-0.3, -0.25) is 0 Å². The largest absolute Gasteiger partial charge is 0.573 e. The van der Waals surface area contributed by atoms with Gasteiger partial charge < -0.3 is 4.74 Å². The first-order valence-corrected chi connectivity index (χ1v) is 5.30. The van der Waals surface area contributed by atoms with Gasteiger partial charge in [0.05, 0.1) is 5.69 Å². The van der Waals surface area contributed by atoms with Gasteiger partial charge in [0.2, 0.25) is 0 Å². The molecular formula is C12H7ClF3NO. The number of pyridine rings is 1. The van der Waals surface area contributed by atoms with E-state index in [1.807, 2.05) is 0 Å². The molecule has 0 unspecified atom stereocenters. The van der Waals surface area contributed by atoms with Crippen molar-refractivity contribution in [3.8, 4) is 17.0 Å². The third kappa shape index (κ3) is 3.37. The second-order valence-corrected chi connectivity index (χ2v) is 3.81. The van der Waals surface area contributed by atoms with E-state index in [2.05, 4.69) is 9.72 Å². The van der Waals surface area contributed by atoms with Gasteiger partial charge in [0.25, 0.3) is 0 Å². The van der Waals surface area contributed by atoms with Crippen LogP contribution in [0.25, 0.3) is 11.3 Å². The predicted octanol–water partition coefficient (Wildman–Crippen LogP) is 4.30. The summed E-state index contributed by atoms with van der Waals surface area (Å²) in [7, 11) is 0. The third-order valence-corrected chi connectivity index (χ3v) is 2.29. The van der Waals surface area contributed by atoms with Crippen LogP contribution >= 0.6 is 11.6 Å². The molecule has 6 heteroatoms. The fraction of sp³-hybridized carbons (Fsp3) is 0.0833. The van der Waals surface area contributed by atoms with Crippen molar-refractivity contribution in [3.63, 3.8) is 0 Å². The van der Waals surface area contributed by atoms with Crippen molar-refractivity contribution in [2.24, 2.45) is 0 Å². The molecule has 2 nitrogen and oxygen atoms in total. The Morgan fingerprint density at radius 1 is 1.06 bits per heavy atom. The van der Waals surface area contributed by atoms with E-state index in [9.17, 15) is 13.2 Å². The molecule has 1 aromatic carbocycles. The molecule has 1 aromatic heterocycles. The van der Waals surface area contributed by atoms with Gasteiger partial charge in [0.15, 0.2) is 0 Å². The van der Waals surface area contributed by atoms with Gasteiger partial charge >= 0.3 is 6.36 Å². The summed E-state index contributed by atoms with van der Waals surface area (Å²) in [6.45, 7) is 0. The van der Waals surface area contributed by atoms with Crippen molar-refractivity contribution >= 4 is 11.6 Å². The first-order chi connectivity index (χ1) is 8.44. The summed E-state index contributed by atoms with van der Waals surface area (Å²) >= 11 is 5.72. The zero-order valence-corrected chi connectivity index (χ0v) is 9.66. The van der Waals surface area contributed by atoms with E-state index in [0.717, 1.165) is 0 Å². The molecule has 0 aliphatic rings. The van der Waals surface area contributed by atoms with Crippen LogP contribution in [0.2, 0.25) is 5.15 Å². The zero-order chi connectivity index (χ0) is 13.2. The third-order valence-electron chi connectivity index (χ3n) is 2.08. The van der Waals surface area contributed by atoms with Crippen LogP contribution in [0, 0.1) is 0 Å². The molecule has 0 atom stereocenters. The molecule has 0 radical (unpaired) electrons. The number of aromatic nitrogens is 1. The molecule has 94 valence electrons. The maximum Gasteiger partial charge on any atom is 0.573 e. The summed E-state index contributed by atoms with van der Waals surface area (Å²) in [4.78, 5) is 4.01. The maximum atomic E-state index is 12.1. The van der Waals surface area contributed by atoms with Crippen molar-refractivity contribution in [2.75, 3.05) is 0 Å². The summed E-state index contributed by atoms with van der Waals surface area (Å²) in [6, 6.07) is 10.5. The number of alkyl halides is 3. The van der Waals surface area contributed by atoms with Crippen LogP contribution in [0.4, 0.5) is 13.2 Å². The average molecular weight is 274 g/mol. The molecule has 2 aromatic rings. The Balaban J connectivity index is 2.33. The molecule has 0 amide bonds. The van der Waals surface area contributed by atoms with Crippen molar-refractivity contribution < 1.29 is 17.9 Å². The number of hydrogen-bond acceptors (Lipinski definition) is 2.